The third kappa shape index (κ3) is 4.17. The highest BCUT2D eigenvalue weighted by atomic mass is 16.6. The molecule has 2 aromatic rings. The molecule has 2 aromatic carbocycles. The topological polar surface area (TPSA) is 139 Å². The molecule has 0 unspecified atom stereocenters. The lowest BCUT2D eigenvalue weighted by Gasteiger charge is -2.23. The summed E-state index contributed by atoms with van der Waals surface area (Å²) in [4.78, 5) is 49.6. The number of hydrogen-bond acceptors (Lipinski definition) is 7. The molecule has 32 heavy (non-hydrogen) atoms. The number of fused-ring (bicyclic) bond motifs is 1. The van der Waals surface area contributed by atoms with Crippen LogP contribution >= 0.6 is 0 Å². The molecule has 0 bridgehead atoms. The van der Waals surface area contributed by atoms with Crippen molar-refractivity contribution in [1.29, 1.82) is 0 Å². The van der Waals surface area contributed by atoms with Crippen LogP contribution in [0.5, 0.6) is 5.75 Å². The summed E-state index contributed by atoms with van der Waals surface area (Å²) >= 11 is 0. The average Bonchev–Trinajstić information content (AvgIpc) is 3.03. The summed E-state index contributed by atoms with van der Waals surface area (Å²) in [5.74, 6) is -1.46. The maximum Gasteiger partial charge on any atom is 0.271 e. The zero-order chi connectivity index (χ0) is 22.8. The van der Waals surface area contributed by atoms with E-state index in [0.29, 0.717) is 32.1 Å². The average molecular weight is 439 g/mol. The Morgan fingerprint density at radius 2 is 1.84 bits per heavy atom. The van der Waals surface area contributed by atoms with Crippen LogP contribution in [0.4, 0.5) is 11.4 Å². The molecule has 0 spiro atoms. The van der Waals surface area contributed by atoms with Crippen LogP contribution in [-0.4, -0.2) is 52.4 Å². The second kappa shape index (κ2) is 8.75. The van der Waals surface area contributed by atoms with Crippen molar-refractivity contribution in [1.82, 2.24) is 4.90 Å². The summed E-state index contributed by atoms with van der Waals surface area (Å²) < 4.78 is 5.33. The van der Waals surface area contributed by atoms with Crippen molar-refractivity contribution < 1.29 is 29.2 Å². The fraction of sp³-hybridized carbons (Fsp3) is 0.318. The number of nitrogens with one attached hydrogen (secondary N) is 1. The van der Waals surface area contributed by atoms with Gasteiger partial charge in [0.05, 0.1) is 21.7 Å². The predicted molar refractivity (Wildman–Crippen MR) is 113 cm³/mol. The van der Waals surface area contributed by atoms with Crippen LogP contribution in [0.25, 0.3) is 0 Å². The number of phenols is 1. The van der Waals surface area contributed by atoms with Crippen molar-refractivity contribution in [3.8, 4) is 5.75 Å². The molecule has 2 aliphatic heterocycles. The van der Waals surface area contributed by atoms with E-state index in [1.54, 1.807) is 0 Å². The summed E-state index contributed by atoms with van der Waals surface area (Å²) in [6.45, 7) is 1.68. The van der Waals surface area contributed by atoms with Crippen LogP contribution < -0.4 is 5.32 Å². The Labute approximate surface area is 182 Å². The lowest BCUT2D eigenvalue weighted by Crippen LogP contribution is -2.32. The van der Waals surface area contributed by atoms with E-state index >= 15 is 0 Å². The van der Waals surface area contributed by atoms with Crippen LogP contribution in [0.3, 0.4) is 0 Å². The number of hydrogen-bond donors (Lipinski definition) is 2. The molecule has 2 N–H and O–H groups in total. The van der Waals surface area contributed by atoms with Gasteiger partial charge in [0.25, 0.3) is 23.4 Å². The molecule has 166 valence electrons. The van der Waals surface area contributed by atoms with E-state index in [1.807, 2.05) is 0 Å². The number of imide groups is 1. The van der Waals surface area contributed by atoms with Crippen molar-refractivity contribution >= 4 is 29.1 Å². The monoisotopic (exact) mass is 439 g/mol. The standard InChI is InChI=1S/C22H21N3O7/c26-19-4-2-15(25(30)31)12-18(19)23-20(27)14-1-3-16-17(11-14)22(29)24(21(16)28)8-5-13-6-9-32-10-7-13/h1-4,11-13,26H,5-10H2,(H,23,27). The summed E-state index contributed by atoms with van der Waals surface area (Å²) in [5.41, 5.74) is 0.0230. The zero-order valence-corrected chi connectivity index (χ0v) is 17.1. The number of non-ortho nitro benzene ring substituents is 1. The van der Waals surface area contributed by atoms with Gasteiger partial charge >= 0.3 is 0 Å². The number of anilines is 1. The first-order valence-corrected chi connectivity index (χ1v) is 10.2. The highest BCUT2D eigenvalue weighted by Crippen LogP contribution is 2.30. The fourth-order valence-corrected chi connectivity index (χ4v) is 3.91. The normalized spacial score (nSPS) is 16.2. The Kier molecular flexibility index (Phi) is 5.87. The molecule has 1 saturated heterocycles. The highest BCUT2D eigenvalue weighted by molar-refractivity contribution is 6.22. The van der Waals surface area contributed by atoms with E-state index in [1.165, 1.54) is 23.1 Å². The lowest BCUT2D eigenvalue weighted by atomic mass is 9.96. The van der Waals surface area contributed by atoms with Crippen LogP contribution in [-0.2, 0) is 4.74 Å². The summed E-state index contributed by atoms with van der Waals surface area (Å²) in [6, 6.07) is 7.40. The number of nitrogens with zero attached hydrogens (tertiary/aromatic N) is 2. The molecule has 10 nitrogen and oxygen atoms in total. The van der Waals surface area contributed by atoms with Crippen molar-refractivity contribution in [3.05, 3.63) is 63.2 Å². The van der Waals surface area contributed by atoms with E-state index in [4.69, 9.17) is 4.74 Å². The number of nitro groups is 1. The SMILES string of the molecule is O=C(Nc1cc([N+](=O)[O-])ccc1O)c1ccc2c(c1)C(=O)N(CCC1CCOCC1)C2=O. The minimum Gasteiger partial charge on any atom is -0.506 e. The number of carbonyl (C=O) groups excluding carboxylic acids is 3. The molecule has 10 heteroatoms. The van der Waals surface area contributed by atoms with Crippen LogP contribution in [0.15, 0.2) is 36.4 Å². The second-order valence-electron chi connectivity index (χ2n) is 7.78. The van der Waals surface area contributed by atoms with Gasteiger partial charge in [-0.1, -0.05) is 0 Å². The van der Waals surface area contributed by atoms with Crippen molar-refractivity contribution in [2.75, 3.05) is 25.1 Å². The maximum atomic E-state index is 12.8. The van der Waals surface area contributed by atoms with E-state index < -0.39 is 16.7 Å². The van der Waals surface area contributed by atoms with Crippen molar-refractivity contribution in [3.63, 3.8) is 0 Å². The Morgan fingerprint density at radius 1 is 1.12 bits per heavy atom. The smallest absolute Gasteiger partial charge is 0.271 e. The van der Waals surface area contributed by atoms with Gasteiger partial charge in [0.15, 0.2) is 0 Å². The number of benzene rings is 2. The molecule has 4 rings (SSSR count). The Hall–Kier alpha value is -3.79. The number of phenolic OH excluding ortho intramolecular Hbond substituents is 1. The van der Waals surface area contributed by atoms with Gasteiger partial charge in [-0.05, 0) is 49.4 Å². The number of nitro benzene ring substituents is 1. The largest absolute Gasteiger partial charge is 0.506 e. The van der Waals surface area contributed by atoms with Crippen LogP contribution in [0.2, 0.25) is 0 Å². The molecule has 0 aliphatic carbocycles. The number of aromatic hydroxyl groups is 1. The first-order chi connectivity index (χ1) is 15.3. The Morgan fingerprint density at radius 3 is 2.56 bits per heavy atom. The van der Waals surface area contributed by atoms with Crippen molar-refractivity contribution in [2.45, 2.75) is 19.3 Å². The van der Waals surface area contributed by atoms with Gasteiger partial charge < -0.3 is 15.2 Å². The van der Waals surface area contributed by atoms with Crippen molar-refractivity contribution in [2.24, 2.45) is 5.92 Å². The van der Waals surface area contributed by atoms with Gasteiger partial charge in [-0.2, -0.15) is 0 Å². The number of carbonyl (C=O) groups is 3. The number of amides is 3. The number of ether oxygens (including phenoxy) is 1. The van der Waals surface area contributed by atoms with Gasteiger partial charge in [0.1, 0.15) is 5.75 Å². The summed E-state index contributed by atoms with van der Waals surface area (Å²) in [7, 11) is 0. The van der Waals surface area contributed by atoms with Gasteiger partial charge in [-0.15, -0.1) is 0 Å². The first kappa shape index (κ1) is 21.4. The van der Waals surface area contributed by atoms with E-state index in [0.717, 1.165) is 31.0 Å². The van der Waals surface area contributed by atoms with Crippen LogP contribution in [0, 0.1) is 16.0 Å². The van der Waals surface area contributed by atoms with Gasteiger partial charge in [0, 0.05) is 37.5 Å². The van der Waals surface area contributed by atoms with E-state index in [-0.39, 0.29) is 39.7 Å². The Bertz CT molecular complexity index is 1110. The lowest BCUT2D eigenvalue weighted by molar-refractivity contribution is -0.384. The molecule has 0 atom stereocenters. The molecule has 2 aliphatic rings. The fourth-order valence-electron chi connectivity index (χ4n) is 3.91. The first-order valence-electron chi connectivity index (χ1n) is 10.2. The van der Waals surface area contributed by atoms with Gasteiger partial charge in [0.2, 0.25) is 0 Å². The molecule has 3 amide bonds. The minimum atomic E-state index is -0.676. The molecular formula is C22H21N3O7. The molecule has 0 aromatic heterocycles. The third-order valence-electron chi connectivity index (χ3n) is 5.77. The molecule has 2 heterocycles. The minimum absolute atomic E-state index is 0.0853. The molecular weight excluding hydrogens is 418 g/mol. The van der Waals surface area contributed by atoms with Gasteiger partial charge in [-0.3, -0.25) is 29.4 Å². The third-order valence-corrected chi connectivity index (χ3v) is 5.77. The second-order valence-corrected chi connectivity index (χ2v) is 7.78. The Balaban J connectivity index is 1.49. The zero-order valence-electron chi connectivity index (χ0n) is 17.1. The maximum absolute atomic E-state index is 12.8. The van der Waals surface area contributed by atoms with E-state index in [2.05, 4.69) is 5.32 Å². The molecule has 1 fully saturated rings. The molecule has 0 radical (unpaired) electrons. The molecule has 0 saturated carbocycles. The van der Waals surface area contributed by atoms with E-state index in [9.17, 15) is 29.6 Å². The number of rotatable bonds is 6. The predicted octanol–water partition coefficient (Wildman–Crippen LogP) is 2.97. The summed E-state index contributed by atoms with van der Waals surface area (Å²) in [5, 5.41) is 23.2. The highest BCUT2D eigenvalue weighted by Gasteiger charge is 2.36. The quantitative estimate of drug-likeness (QED) is 0.305. The summed E-state index contributed by atoms with van der Waals surface area (Å²) in [6.07, 6.45) is 2.50. The van der Waals surface area contributed by atoms with Gasteiger partial charge in [-0.25, -0.2) is 0 Å². The van der Waals surface area contributed by atoms with Crippen LogP contribution in [0.1, 0.15) is 50.3 Å².